The number of hydrogen-bond donors (Lipinski definition) is 1. The zero-order valence-electron chi connectivity index (χ0n) is 14.6. The molecule has 0 bridgehead atoms. The average molecular weight is 361 g/mol. The highest BCUT2D eigenvalue weighted by Gasteiger charge is 2.16. The molecule has 1 aliphatic heterocycles. The maximum Gasteiger partial charge on any atom is 0.234 e. The van der Waals surface area contributed by atoms with Crippen LogP contribution in [0.2, 0.25) is 0 Å². The van der Waals surface area contributed by atoms with Crippen molar-refractivity contribution in [2.45, 2.75) is 18.6 Å². The van der Waals surface area contributed by atoms with Gasteiger partial charge in [0.1, 0.15) is 5.82 Å². The number of aromatic nitrogens is 3. The summed E-state index contributed by atoms with van der Waals surface area (Å²) in [5.41, 5.74) is 1.89. The van der Waals surface area contributed by atoms with E-state index in [1.807, 2.05) is 42.8 Å². The van der Waals surface area contributed by atoms with E-state index in [1.165, 1.54) is 11.8 Å². The average Bonchev–Trinajstić information content (AvgIpc) is 2.96. The number of anilines is 1. The summed E-state index contributed by atoms with van der Waals surface area (Å²) in [6.07, 6.45) is 0. The summed E-state index contributed by atoms with van der Waals surface area (Å²) in [6.45, 7) is 6.07. The van der Waals surface area contributed by atoms with Gasteiger partial charge < -0.3 is 14.6 Å². The minimum atomic E-state index is -0.0444. The lowest BCUT2D eigenvalue weighted by Gasteiger charge is -2.25. The molecule has 7 nitrogen and oxygen atoms in total. The first kappa shape index (κ1) is 17.9. The lowest BCUT2D eigenvalue weighted by atomic mass is 10.2. The standard InChI is InChI=1S/C17H23N5O2S/c1-13-5-3-4-6-14(13)18-16(23)12-25-17-20-19-15(21(17)2)11-22-7-9-24-10-8-22/h3-6H,7-12H2,1-2H3,(H,18,23). The fourth-order valence-electron chi connectivity index (χ4n) is 2.60. The van der Waals surface area contributed by atoms with Gasteiger partial charge in [-0.2, -0.15) is 0 Å². The van der Waals surface area contributed by atoms with Crippen LogP contribution in [-0.2, 0) is 23.1 Å². The van der Waals surface area contributed by atoms with Gasteiger partial charge in [-0.25, -0.2) is 0 Å². The first-order valence-electron chi connectivity index (χ1n) is 8.30. The number of carbonyl (C=O) groups excluding carboxylic acids is 1. The molecule has 1 amide bonds. The topological polar surface area (TPSA) is 72.3 Å². The van der Waals surface area contributed by atoms with Crippen LogP contribution >= 0.6 is 11.8 Å². The second kappa shape index (κ2) is 8.46. The highest BCUT2D eigenvalue weighted by atomic mass is 32.2. The number of morpholine rings is 1. The number of ether oxygens (including phenoxy) is 1. The Morgan fingerprint density at radius 3 is 2.80 bits per heavy atom. The molecule has 1 aliphatic rings. The Kier molecular flexibility index (Phi) is 6.06. The number of hydrogen-bond acceptors (Lipinski definition) is 6. The van der Waals surface area contributed by atoms with Crippen molar-refractivity contribution < 1.29 is 9.53 Å². The minimum absolute atomic E-state index is 0.0444. The van der Waals surface area contributed by atoms with Crippen LogP contribution in [0, 0.1) is 6.92 Å². The Balaban J connectivity index is 1.53. The molecular formula is C17H23N5O2S. The van der Waals surface area contributed by atoms with Crippen LogP contribution in [-0.4, -0.2) is 57.6 Å². The third kappa shape index (κ3) is 4.81. The number of rotatable bonds is 6. The summed E-state index contributed by atoms with van der Waals surface area (Å²) in [5.74, 6) is 1.17. The number of amides is 1. The Labute approximate surface area is 151 Å². The predicted molar refractivity (Wildman–Crippen MR) is 97.6 cm³/mol. The second-order valence-electron chi connectivity index (χ2n) is 6.00. The summed E-state index contributed by atoms with van der Waals surface area (Å²) in [4.78, 5) is 14.5. The van der Waals surface area contributed by atoms with E-state index in [0.717, 1.165) is 55.1 Å². The monoisotopic (exact) mass is 361 g/mol. The molecular weight excluding hydrogens is 338 g/mol. The fourth-order valence-corrected chi connectivity index (χ4v) is 3.33. The van der Waals surface area contributed by atoms with E-state index in [0.29, 0.717) is 5.75 Å². The van der Waals surface area contributed by atoms with Crippen molar-refractivity contribution in [3.63, 3.8) is 0 Å². The molecule has 0 spiro atoms. The fraction of sp³-hybridized carbons (Fsp3) is 0.471. The Hall–Kier alpha value is -1.90. The summed E-state index contributed by atoms with van der Waals surface area (Å²) in [7, 11) is 1.94. The molecule has 1 saturated heterocycles. The zero-order valence-corrected chi connectivity index (χ0v) is 15.4. The van der Waals surface area contributed by atoms with Crippen molar-refractivity contribution in [3.8, 4) is 0 Å². The molecule has 2 heterocycles. The molecule has 8 heteroatoms. The molecule has 1 aromatic carbocycles. The van der Waals surface area contributed by atoms with E-state index < -0.39 is 0 Å². The highest BCUT2D eigenvalue weighted by molar-refractivity contribution is 7.99. The molecule has 1 aromatic heterocycles. The summed E-state index contributed by atoms with van der Waals surface area (Å²) in [5, 5.41) is 12.2. The van der Waals surface area contributed by atoms with Gasteiger partial charge in [-0.1, -0.05) is 30.0 Å². The largest absolute Gasteiger partial charge is 0.379 e. The molecule has 0 atom stereocenters. The molecule has 0 saturated carbocycles. The van der Waals surface area contributed by atoms with Crippen molar-refractivity contribution in [2.24, 2.45) is 7.05 Å². The van der Waals surface area contributed by atoms with E-state index in [1.54, 1.807) is 0 Å². The summed E-state index contributed by atoms with van der Waals surface area (Å²) in [6, 6.07) is 7.75. The van der Waals surface area contributed by atoms with Crippen molar-refractivity contribution >= 4 is 23.4 Å². The number of benzene rings is 1. The number of thioether (sulfide) groups is 1. The lowest BCUT2D eigenvalue weighted by molar-refractivity contribution is -0.113. The molecule has 0 unspecified atom stereocenters. The molecule has 2 aromatic rings. The van der Waals surface area contributed by atoms with Crippen LogP contribution in [0.4, 0.5) is 5.69 Å². The number of nitrogens with one attached hydrogen (secondary N) is 1. The molecule has 3 rings (SSSR count). The molecule has 25 heavy (non-hydrogen) atoms. The van der Waals surface area contributed by atoms with E-state index >= 15 is 0 Å². The van der Waals surface area contributed by atoms with Gasteiger partial charge in [0.15, 0.2) is 5.16 Å². The first-order chi connectivity index (χ1) is 12.1. The van der Waals surface area contributed by atoms with Crippen molar-refractivity contribution in [3.05, 3.63) is 35.7 Å². The number of nitrogens with zero attached hydrogens (tertiary/aromatic N) is 4. The second-order valence-corrected chi connectivity index (χ2v) is 6.94. The third-order valence-corrected chi connectivity index (χ3v) is 5.17. The van der Waals surface area contributed by atoms with Crippen LogP contribution < -0.4 is 5.32 Å². The highest BCUT2D eigenvalue weighted by Crippen LogP contribution is 2.18. The Bertz CT molecular complexity index is 728. The van der Waals surface area contributed by atoms with Gasteiger partial charge in [0.05, 0.1) is 25.5 Å². The summed E-state index contributed by atoms with van der Waals surface area (Å²) < 4.78 is 7.32. The van der Waals surface area contributed by atoms with Gasteiger partial charge >= 0.3 is 0 Å². The van der Waals surface area contributed by atoms with E-state index in [-0.39, 0.29) is 5.91 Å². The van der Waals surface area contributed by atoms with Crippen LogP contribution in [0.25, 0.3) is 0 Å². The lowest BCUT2D eigenvalue weighted by Crippen LogP contribution is -2.36. The van der Waals surface area contributed by atoms with E-state index in [4.69, 9.17) is 4.74 Å². The maximum absolute atomic E-state index is 12.2. The zero-order chi connectivity index (χ0) is 17.6. The minimum Gasteiger partial charge on any atom is -0.379 e. The SMILES string of the molecule is Cc1ccccc1NC(=O)CSc1nnc(CN2CCOCC2)n1C. The van der Waals surface area contributed by atoms with Gasteiger partial charge in [0, 0.05) is 25.8 Å². The number of para-hydroxylation sites is 1. The van der Waals surface area contributed by atoms with Gasteiger partial charge in [-0.3, -0.25) is 9.69 Å². The first-order valence-corrected chi connectivity index (χ1v) is 9.28. The van der Waals surface area contributed by atoms with Gasteiger partial charge in [-0.05, 0) is 18.6 Å². The summed E-state index contributed by atoms with van der Waals surface area (Å²) >= 11 is 1.40. The van der Waals surface area contributed by atoms with E-state index in [2.05, 4.69) is 20.4 Å². The number of carbonyl (C=O) groups is 1. The van der Waals surface area contributed by atoms with Gasteiger partial charge in [-0.15, -0.1) is 10.2 Å². The van der Waals surface area contributed by atoms with Gasteiger partial charge in [0.25, 0.3) is 0 Å². The van der Waals surface area contributed by atoms with Crippen LogP contribution in [0.1, 0.15) is 11.4 Å². The molecule has 0 radical (unpaired) electrons. The van der Waals surface area contributed by atoms with Crippen molar-refractivity contribution in [1.82, 2.24) is 19.7 Å². The molecule has 0 aliphatic carbocycles. The Morgan fingerprint density at radius 2 is 2.04 bits per heavy atom. The predicted octanol–water partition coefficient (Wildman–Crippen LogP) is 1.69. The number of aryl methyl sites for hydroxylation is 1. The van der Waals surface area contributed by atoms with Crippen molar-refractivity contribution in [1.29, 1.82) is 0 Å². The third-order valence-electron chi connectivity index (χ3n) is 4.15. The molecule has 1 N–H and O–H groups in total. The molecule has 1 fully saturated rings. The van der Waals surface area contributed by atoms with Crippen LogP contribution in [0.5, 0.6) is 0 Å². The van der Waals surface area contributed by atoms with Crippen LogP contribution in [0.3, 0.4) is 0 Å². The van der Waals surface area contributed by atoms with Crippen molar-refractivity contribution in [2.75, 3.05) is 37.4 Å². The van der Waals surface area contributed by atoms with E-state index in [9.17, 15) is 4.79 Å². The Morgan fingerprint density at radius 1 is 1.28 bits per heavy atom. The normalized spacial score (nSPS) is 15.3. The van der Waals surface area contributed by atoms with Gasteiger partial charge in [0.2, 0.25) is 5.91 Å². The maximum atomic E-state index is 12.2. The molecule has 134 valence electrons. The quantitative estimate of drug-likeness (QED) is 0.790. The smallest absolute Gasteiger partial charge is 0.234 e. The van der Waals surface area contributed by atoms with Crippen LogP contribution in [0.15, 0.2) is 29.4 Å².